The molecule has 1 unspecified atom stereocenters. The van der Waals surface area contributed by atoms with Gasteiger partial charge in [0.15, 0.2) is 5.76 Å². The quantitative estimate of drug-likeness (QED) is 0.243. The summed E-state index contributed by atoms with van der Waals surface area (Å²) in [5.41, 5.74) is 2.43. The smallest absolute Gasteiger partial charge is 0.416 e. The fourth-order valence-corrected chi connectivity index (χ4v) is 4.93. The molecule has 1 aliphatic rings. The van der Waals surface area contributed by atoms with E-state index in [0.29, 0.717) is 54.7 Å². The van der Waals surface area contributed by atoms with Gasteiger partial charge in [-0.3, -0.25) is 9.69 Å². The van der Waals surface area contributed by atoms with Crippen molar-refractivity contribution in [3.05, 3.63) is 106 Å². The molecular weight excluding hydrogens is 529 g/mol. The molecule has 1 aromatic heterocycles. The number of furan rings is 1. The largest absolute Gasteiger partial charge is 0.451 e. The summed E-state index contributed by atoms with van der Waals surface area (Å²) in [5, 5.41) is 1.55. The zero-order valence-electron chi connectivity index (χ0n) is 21.4. The van der Waals surface area contributed by atoms with Gasteiger partial charge in [0.25, 0.3) is 5.91 Å². The number of hydrogen-bond donors (Lipinski definition) is 0. The summed E-state index contributed by atoms with van der Waals surface area (Å²) in [6, 6.07) is 20.0. The average molecular weight is 557 g/mol. The van der Waals surface area contributed by atoms with Gasteiger partial charge in [-0.25, -0.2) is 0 Å². The summed E-state index contributed by atoms with van der Waals surface area (Å²) in [5.74, 6) is 0.264. The number of carbonyl (C=O) groups excluding carboxylic acids is 1. The maximum atomic E-state index is 13.2. The molecule has 0 spiro atoms. The molecule has 0 saturated carbocycles. The third-order valence-corrected chi connectivity index (χ3v) is 7.35. The molecule has 0 radical (unpaired) electrons. The van der Waals surface area contributed by atoms with Crippen LogP contribution in [0, 0.1) is 6.92 Å². The second kappa shape index (κ2) is 11.4. The number of benzene rings is 3. The molecule has 0 bridgehead atoms. The van der Waals surface area contributed by atoms with E-state index >= 15 is 0 Å². The van der Waals surface area contributed by atoms with Gasteiger partial charge in [0.05, 0.1) is 18.3 Å². The van der Waals surface area contributed by atoms with E-state index in [9.17, 15) is 18.0 Å². The van der Waals surface area contributed by atoms with Crippen molar-refractivity contribution in [2.45, 2.75) is 25.8 Å². The first-order valence-electron chi connectivity index (χ1n) is 12.7. The molecule has 1 aliphatic heterocycles. The summed E-state index contributed by atoms with van der Waals surface area (Å²) in [4.78, 5) is 17.3. The summed E-state index contributed by atoms with van der Waals surface area (Å²) in [7, 11) is 0. The van der Waals surface area contributed by atoms with Crippen LogP contribution >= 0.6 is 11.6 Å². The van der Waals surface area contributed by atoms with Crippen molar-refractivity contribution in [2.24, 2.45) is 0 Å². The third kappa shape index (κ3) is 6.30. The van der Waals surface area contributed by atoms with Gasteiger partial charge in [0.2, 0.25) is 0 Å². The first kappa shape index (κ1) is 27.2. The SMILES string of the molecule is Cc1c(C(=O)N2CCN(CC(OCc3ccc(C(F)(F)F)cc3)c3ccc(Cl)cc3)CC2)oc2ccccc12. The number of amides is 1. The van der Waals surface area contributed by atoms with Crippen LogP contribution in [0.4, 0.5) is 13.2 Å². The maximum absolute atomic E-state index is 13.2. The molecule has 39 heavy (non-hydrogen) atoms. The molecule has 1 amide bonds. The number of alkyl halides is 3. The Kier molecular flexibility index (Phi) is 7.98. The molecule has 3 aromatic carbocycles. The number of carbonyl (C=O) groups is 1. The Balaban J connectivity index is 1.23. The van der Waals surface area contributed by atoms with Crippen molar-refractivity contribution in [1.82, 2.24) is 9.80 Å². The van der Waals surface area contributed by atoms with Gasteiger partial charge in [-0.15, -0.1) is 0 Å². The van der Waals surface area contributed by atoms with Crippen molar-refractivity contribution < 1.29 is 27.1 Å². The standard InChI is InChI=1S/C30H28ClF3N2O3/c1-20-25-4-2-3-5-26(25)39-28(20)29(37)36-16-14-35(15-17-36)18-27(22-8-12-24(31)13-9-22)38-19-21-6-10-23(11-7-21)30(32,33)34/h2-13,27H,14-19H2,1H3. The van der Waals surface area contributed by atoms with Crippen molar-refractivity contribution in [3.8, 4) is 0 Å². The highest BCUT2D eigenvalue weighted by Crippen LogP contribution is 2.30. The second-order valence-electron chi connectivity index (χ2n) is 9.69. The number of piperazine rings is 1. The van der Waals surface area contributed by atoms with Gasteiger partial charge in [-0.2, -0.15) is 13.2 Å². The molecular formula is C30H28ClF3N2O3. The molecule has 1 atom stereocenters. The second-order valence-corrected chi connectivity index (χ2v) is 10.1. The van der Waals surface area contributed by atoms with Crippen LogP contribution in [0.15, 0.2) is 77.2 Å². The van der Waals surface area contributed by atoms with Crippen molar-refractivity contribution in [3.63, 3.8) is 0 Å². The van der Waals surface area contributed by atoms with Crippen LogP contribution in [0.25, 0.3) is 11.0 Å². The van der Waals surface area contributed by atoms with Crippen molar-refractivity contribution in [2.75, 3.05) is 32.7 Å². The van der Waals surface area contributed by atoms with Crippen LogP contribution < -0.4 is 0 Å². The highest BCUT2D eigenvalue weighted by Gasteiger charge is 2.30. The number of hydrogen-bond acceptors (Lipinski definition) is 4. The van der Waals surface area contributed by atoms with E-state index in [1.807, 2.05) is 48.2 Å². The Morgan fingerprint density at radius 3 is 2.28 bits per heavy atom. The fraction of sp³-hybridized carbons (Fsp3) is 0.300. The molecule has 1 saturated heterocycles. The van der Waals surface area contributed by atoms with Gasteiger partial charge >= 0.3 is 6.18 Å². The Bertz CT molecular complexity index is 1430. The van der Waals surface area contributed by atoms with Gasteiger partial charge < -0.3 is 14.1 Å². The number of ether oxygens (including phenoxy) is 1. The predicted octanol–water partition coefficient (Wildman–Crippen LogP) is 7.13. The average Bonchev–Trinajstić information content (AvgIpc) is 3.27. The number of rotatable bonds is 7. The first-order chi connectivity index (χ1) is 18.7. The molecule has 204 valence electrons. The molecule has 0 N–H and O–H groups in total. The van der Waals surface area contributed by atoms with Gasteiger partial charge in [-0.05, 0) is 48.4 Å². The highest BCUT2D eigenvalue weighted by atomic mass is 35.5. The van der Waals surface area contributed by atoms with Crippen LogP contribution in [0.2, 0.25) is 5.02 Å². The lowest BCUT2D eigenvalue weighted by Crippen LogP contribution is -2.49. The topological polar surface area (TPSA) is 45.9 Å². The van der Waals surface area contributed by atoms with E-state index in [4.69, 9.17) is 20.8 Å². The number of halogens is 4. The number of nitrogens with zero attached hydrogens (tertiary/aromatic N) is 2. The minimum absolute atomic E-state index is 0.115. The molecule has 0 aliphatic carbocycles. The van der Waals surface area contributed by atoms with Crippen molar-refractivity contribution >= 4 is 28.5 Å². The van der Waals surface area contributed by atoms with Crippen LogP contribution in [-0.2, 0) is 17.5 Å². The summed E-state index contributed by atoms with van der Waals surface area (Å²) in [6.07, 6.45) is -4.71. The summed E-state index contributed by atoms with van der Waals surface area (Å²) in [6.45, 7) is 5.02. The molecule has 9 heteroatoms. The van der Waals surface area contributed by atoms with Crippen LogP contribution in [-0.4, -0.2) is 48.4 Å². The zero-order valence-corrected chi connectivity index (χ0v) is 22.1. The fourth-order valence-electron chi connectivity index (χ4n) is 4.81. The predicted molar refractivity (Wildman–Crippen MR) is 144 cm³/mol. The van der Waals surface area contributed by atoms with E-state index in [0.717, 1.165) is 28.6 Å². The lowest BCUT2D eigenvalue weighted by atomic mass is 10.1. The van der Waals surface area contributed by atoms with Crippen LogP contribution in [0.5, 0.6) is 0 Å². The van der Waals surface area contributed by atoms with Gasteiger partial charge in [-0.1, -0.05) is 54.1 Å². The molecule has 5 nitrogen and oxygen atoms in total. The van der Waals surface area contributed by atoms with Crippen LogP contribution in [0.3, 0.4) is 0 Å². The van der Waals surface area contributed by atoms with E-state index in [-0.39, 0.29) is 18.6 Å². The Hall–Kier alpha value is -3.33. The highest BCUT2D eigenvalue weighted by molar-refractivity contribution is 6.30. The lowest BCUT2D eigenvalue weighted by molar-refractivity contribution is -0.137. The Morgan fingerprint density at radius 1 is 0.974 bits per heavy atom. The normalized spacial score (nSPS) is 15.6. The lowest BCUT2D eigenvalue weighted by Gasteiger charge is -2.36. The van der Waals surface area contributed by atoms with E-state index < -0.39 is 11.7 Å². The van der Waals surface area contributed by atoms with Crippen LogP contribution in [0.1, 0.15) is 38.9 Å². The number of fused-ring (bicyclic) bond motifs is 1. The minimum atomic E-state index is -4.38. The molecule has 5 rings (SSSR count). The monoisotopic (exact) mass is 556 g/mol. The van der Waals surface area contributed by atoms with Gasteiger partial charge in [0.1, 0.15) is 5.58 Å². The van der Waals surface area contributed by atoms with E-state index in [1.54, 1.807) is 12.1 Å². The number of aryl methyl sites for hydroxylation is 1. The zero-order chi connectivity index (χ0) is 27.6. The molecule has 4 aromatic rings. The third-order valence-electron chi connectivity index (χ3n) is 7.10. The Morgan fingerprint density at radius 2 is 1.64 bits per heavy atom. The first-order valence-corrected chi connectivity index (χ1v) is 13.1. The van der Waals surface area contributed by atoms with E-state index in [1.165, 1.54) is 12.1 Å². The maximum Gasteiger partial charge on any atom is 0.416 e. The summed E-state index contributed by atoms with van der Waals surface area (Å²) < 4.78 is 50.8. The van der Waals surface area contributed by atoms with Crippen molar-refractivity contribution in [1.29, 1.82) is 0 Å². The van der Waals surface area contributed by atoms with E-state index in [2.05, 4.69) is 4.90 Å². The minimum Gasteiger partial charge on any atom is -0.451 e. The molecule has 1 fully saturated rings. The number of para-hydroxylation sites is 1. The Labute approximate surface area is 229 Å². The van der Waals surface area contributed by atoms with Gasteiger partial charge in [0, 0.05) is 48.7 Å². The summed E-state index contributed by atoms with van der Waals surface area (Å²) >= 11 is 6.08. The molecule has 2 heterocycles.